The van der Waals surface area contributed by atoms with E-state index >= 15 is 0 Å². The van der Waals surface area contributed by atoms with Crippen molar-refractivity contribution in [1.82, 2.24) is 10.3 Å². The van der Waals surface area contributed by atoms with E-state index in [-0.39, 0.29) is 6.04 Å². The Morgan fingerprint density at radius 2 is 2.00 bits per heavy atom. The number of nitrogens with one attached hydrogen (secondary N) is 1. The summed E-state index contributed by atoms with van der Waals surface area (Å²) in [7, 11) is 0. The fourth-order valence-electron chi connectivity index (χ4n) is 2.63. The average Bonchev–Trinajstić information content (AvgIpc) is 3.11. The van der Waals surface area contributed by atoms with E-state index in [1.54, 1.807) is 11.3 Å². The van der Waals surface area contributed by atoms with Crippen molar-refractivity contribution < 1.29 is 0 Å². The van der Waals surface area contributed by atoms with E-state index in [4.69, 9.17) is 4.98 Å². The van der Waals surface area contributed by atoms with Crippen molar-refractivity contribution in [1.29, 1.82) is 0 Å². The van der Waals surface area contributed by atoms with Gasteiger partial charge in [-0.25, -0.2) is 4.98 Å². The van der Waals surface area contributed by atoms with Crippen LogP contribution in [0.2, 0.25) is 0 Å². The van der Waals surface area contributed by atoms with Crippen molar-refractivity contribution in [3.8, 4) is 0 Å². The Hall–Kier alpha value is -1.19. The molecule has 2 aromatic rings. The predicted molar refractivity (Wildman–Crippen MR) is 90.1 cm³/mol. The summed E-state index contributed by atoms with van der Waals surface area (Å²) < 4.78 is 0. The molecule has 0 spiro atoms. The van der Waals surface area contributed by atoms with E-state index in [0.29, 0.717) is 12.0 Å². The highest BCUT2D eigenvalue weighted by Gasteiger charge is 2.28. The highest BCUT2D eigenvalue weighted by molar-refractivity contribution is 7.09. The second-order valence-electron chi connectivity index (χ2n) is 6.50. The summed E-state index contributed by atoms with van der Waals surface area (Å²) >= 11 is 1.79. The minimum atomic E-state index is 0.246. The van der Waals surface area contributed by atoms with E-state index in [0.717, 1.165) is 0 Å². The lowest BCUT2D eigenvalue weighted by atomic mass is 9.99. The van der Waals surface area contributed by atoms with Crippen LogP contribution >= 0.6 is 11.3 Å². The first-order chi connectivity index (χ1) is 10.0. The van der Waals surface area contributed by atoms with Crippen LogP contribution in [0.4, 0.5) is 0 Å². The molecule has 3 heteroatoms. The lowest BCUT2D eigenvalue weighted by molar-refractivity contribution is 0.593. The molecule has 1 N–H and O–H groups in total. The van der Waals surface area contributed by atoms with Gasteiger partial charge in [0.1, 0.15) is 5.01 Å². The van der Waals surface area contributed by atoms with E-state index < -0.39 is 0 Å². The molecule has 21 heavy (non-hydrogen) atoms. The number of hydrogen-bond acceptors (Lipinski definition) is 3. The summed E-state index contributed by atoms with van der Waals surface area (Å²) in [5, 5.41) is 7.20. The maximum atomic E-state index is 4.89. The summed E-state index contributed by atoms with van der Waals surface area (Å²) in [5.41, 5.74) is 5.26. The summed E-state index contributed by atoms with van der Waals surface area (Å²) in [6.07, 6.45) is 2.59. The van der Waals surface area contributed by atoms with E-state index in [1.807, 2.05) is 0 Å². The zero-order chi connectivity index (χ0) is 15.0. The molecule has 0 amide bonds. The van der Waals surface area contributed by atoms with Crippen molar-refractivity contribution in [2.24, 2.45) is 0 Å². The van der Waals surface area contributed by atoms with Crippen molar-refractivity contribution in [3.05, 3.63) is 51.0 Å². The lowest BCUT2D eigenvalue weighted by Crippen LogP contribution is -2.25. The maximum absolute atomic E-state index is 4.89. The molecule has 1 fully saturated rings. The fraction of sp³-hybridized carbons (Fsp3) is 0.500. The fourth-order valence-corrected chi connectivity index (χ4v) is 3.68. The molecule has 1 aliphatic carbocycles. The zero-order valence-corrected chi connectivity index (χ0v) is 14.1. The van der Waals surface area contributed by atoms with Crippen molar-refractivity contribution >= 4 is 11.3 Å². The predicted octanol–water partition coefficient (Wildman–Crippen LogP) is 4.72. The molecule has 0 aliphatic heterocycles. The second kappa shape index (κ2) is 5.90. The number of aryl methyl sites for hydroxylation is 2. The Morgan fingerprint density at radius 1 is 1.24 bits per heavy atom. The Morgan fingerprint density at radius 3 is 2.57 bits per heavy atom. The molecule has 2 nitrogen and oxygen atoms in total. The van der Waals surface area contributed by atoms with Crippen LogP contribution in [-0.2, 0) is 0 Å². The van der Waals surface area contributed by atoms with Gasteiger partial charge in [0.15, 0.2) is 0 Å². The largest absolute Gasteiger partial charge is 0.301 e. The number of thiazole rings is 1. The normalized spacial score (nSPS) is 16.4. The Balaban J connectivity index is 1.95. The zero-order valence-electron chi connectivity index (χ0n) is 13.3. The quantitative estimate of drug-likeness (QED) is 0.864. The Bertz CT molecular complexity index is 626. The van der Waals surface area contributed by atoms with Crippen LogP contribution in [0.5, 0.6) is 0 Å². The Kier molecular flexibility index (Phi) is 4.14. The number of nitrogens with zero attached hydrogens (tertiary/aromatic N) is 1. The summed E-state index contributed by atoms with van der Waals surface area (Å²) in [5.74, 6) is 0.496. The van der Waals surface area contributed by atoms with Crippen LogP contribution in [0.15, 0.2) is 23.6 Å². The minimum absolute atomic E-state index is 0.246. The smallest absolute Gasteiger partial charge is 0.114 e. The molecule has 3 rings (SSSR count). The molecule has 0 saturated heterocycles. The van der Waals surface area contributed by atoms with Gasteiger partial charge in [-0.3, -0.25) is 0 Å². The molecular weight excluding hydrogens is 276 g/mol. The van der Waals surface area contributed by atoms with Gasteiger partial charge < -0.3 is 5.32 Å². The van der Waals surface area contributed by atoms with Gasteiger partial charge in [-0.1, -0.05) is 37.6 Å². The molecule has 0 radical (unpaired) electrons. The molecule has 1 unspecified atom stereocenters. The number of rotatable bonds is 5. The van der Waals surface area contributed by atoms with Gasteiger partial charge in [-0.2, -0.15) is 0 Å². The van der Waals surface area contributed by atoms with Gasteiger partial charge >= 0.3 is 0 Å². The molecular formula is C18H24N2S. The molecule has 1 heterocycles. The van der Waals surface area contributed by atoms with Gasteiger partial charge in [0.25, 0.3) is 0 Å². The molecule has 1 atom stereocenters. The highest BCUT2D eigenvalue weighted by Crippen LogP contribution is 2.33. The number of benzene rings is 1. The average molecular weight is 300 g/mol. The third-order valence-corrected chi connectivity index (χ3v) is 5.02. The minimum Gasteiger partial charge on any atom is -0.301 e. The van der Waals surface area contributed by atoms with Crippen molar-refractivity contribution in [2.75, 3.05) is 0 Å². The van der Waals surface area contributed by atoms with Gasteiger partial charge in [-0.05, 0) is 43.7 Å². The molecule has 1 aromatic carbocycles. The standard InChI is InChI=1S/C18H24N2S/c1-11(2)16-10-21-18(20-16)17(19-14-6-7-14)15-8-5-12(3)9-13(15)4/h5,8-11,14,17,19H,6-7H2,1-4H3. The SMILES string of the molecule is Cc1ccc(C(NC2CC2)c2nc(C(C)C)cs2)c(C)c1. The lowest BCUT2D eigenvalue weighted by Gasteiger charge is -2.19. The Labute approximate surface area is 131 Å². The van der Waals surface area contributed by atoms with Gasteiger partial charge in [0.2, 0.25) is 0 Å². The van der Waals surface area contributed by atoms with Crippen molar-refractivity contribution in [2.45, 2.75) is 58.5 Å². The molecule has 1 saturated carbocycles. The molecule has 1 aliphatic rings. The monoisotopic (exact) mass is 300 g/mol. The van der Waals surface area contributed by atoms with Crippen LogP contribution in [0, 0.1) is 13.8 Å². The number of aromatic nitrogens is 1. The molecule has 0 bridgehead atoms. The second-order valence-corrected chi connectivity index (χ2v) is 7.39. The van der Waals surface area contributed by atoms with E-state index in [2.05, 4.69) is 56.6 Å². The van der Waals surface area contributed by atoms with Gasteiger partial charge in [0.05, 0.1) is 11.7 Å². The summed E-state index contributed by atoms with van der Waals surface area (Å²) in [4.78, 5) is 4.89. The van der Waals surface area contributed by atoms with Gasteiger partial charge in [-0.15, -0.1) is 11.3 Å². The third-order valence-electron chi connectivity index (χ3n) is 4.09. The van der Waals surface area contributed by atoms with Crippen LogP contribution < -0.4 is 5.32 Å². The van der Waals surface area contributed by atoms with E-state index in [9.17, 15) is 0 Å². The van der Waals surface area contributed by atoms with Crippen LogP contribution in [-0.4, -0.2) is 11.0 Å². The first kappa shape index (κ1) is 14.7. The van der Waals surface area contributed by atoms with Gasteiger partial charge in [0, 0.05) is 11.4 Å². The van der Waals surface area contributed by atoms with Crippen molar-refractivity contribution in [3.63, 3.8) is 0 Å². The van der Waals surface area contributed by atoms with Crippen LogP contribution in [0.3, 0.4) is 0 Å². The van der Waals surface area contributed by atoms with E-state index in [1.165, 1.54) is 40.2 Å². The first-order valence-corrected chi connectivity index (χ1v) is 8.71. The summed E-state index contributed by atoms with van der Waals surface area (Å²) in [6, 6.07) is 7.66. The van der Waals surface area contributed by atoms with Crippen LogP contribution in [0.1, 0.15) is 66.0 Å². The molecule has 112 valence electrons. The first-order valence-electron chi connectivity index (χ1n) is 7.83. The highest BCUT2D eigenvalue weighted by atomic mass is 32.1. The summed E-state index contributed by atoms with van der Waals surface area (Å²) in [6.45, 7) is 8.78. The third kappa shape index (κ3) is 3.35. The van der Waals surface area contributed by atoms with Crippen LogP contribution in [0.25, 0.3) is 0 Å². The topological polar surface area (TPSA) is 24.9 Å². The number of hydrogen-bond donors (Lipinski definition) is 1. The maximum Gasteiger partial charge on any atom is 0.114 e. The molecule has 1 aromatic heterocycles.